The van der Waals surface area contributed by atoms with Crippen LogP contribution < -0.4 is 5.32 Å². The highest BCUT2D eigenvalue weighted by Crippen LogP contribution is 2.22. The second-order valence-corrected chi connectivity index (χ2v) is 7.21. The summed E-state index contributed by atoms with van der Waals surface area (Å²) in [5, 5.41) is 5.36. The Hall–Kier alpha value is -2.21. The molecule has 0 saturated carbocycles. The zero-order valence-electron chi connectivity index (χ0n) is 14.6. The summed E-state index contributed by atoms with van der Waals surface area (Å²) < 4.78 is 0. The molecule has 0 aliphatic carbocycles. The molecule has 0 unspecified atom stereocenters. The van der Waals surface area contributed by atoms with Crippen molar-refractivity contribution in [2.24, 2.45) is 0 Å². The van der Waals surface area contributed by atoms with Crippen LogP contribution in [0.1, 0.15) is 28.4 Å². The molecule has 2 aromatic heterocycles. The molecule has 1 N–H and O–H groups in total. The Balaban J connectivity index is 1.66. The number of rotatable bonds is 6. The fraction of sp³-hybridized carbons (Fsp3) is 0.421. The van der Waals surface area contributed by atoms with Gasteiger partial charge in [0.15, 0.2) is 0 Å². The Morgan fingerprint density at radius 2 is 2.24 bits per heavy atom. The van der Waals surface area contributed by atoms with Crippen molar-refractivity contribution in [3.05, 3.63) is 52.1 Å². The molecule has 25 heavy (non-hydrogen) atoms. The van der Waals surface area contributed by atoms with E-state index in [9.17, 15) is 4.79 Å². The minimum atomic E-state index is 0.228. The third-order valence-corrected chi connectivity index (χ3v) is 5.32. The number of fused-ring (bicyclic) bond motifs is 1. The van der Waals surface area contributed by atoms with Crippen LogP contribution in [-0.4, -0.2) is 40.4 Å². The third kappa shape index (κ3) is 4.45. The molecule has 0 spiro atoms. The summed E-state index contributed by atoms with van der Waals surface area (Å²) in [5.41, 5.74) is 2.20. The lowest BCUT2D eigenvalue weighted by atomic mass is 10.1. The van der Waals surface area contributed by atoms with Crippen LogP contribution in [0.25, 0.3) is 0 Å². The Kier molecular flexibility index (Phi) is 5.81. The van der Waals surface area contributed by atoms with Crippen molar-refractivity contribution in [3.8, 4) is 0 Å². The molecular weight excluding hydrogens is 332 g/mol. The summed E-state index contributed by atoms with van der Waals surface area (Å²) in [7, 11) is 0. The van der Waals surface area contributed by atoms with Crippen LogP contribution in [0.3, 0.4) is 0 Å². The molecule has 1 amide bonds. The Morgan fingerprint density at radius 1 is 1.40 bits per heavy atom. The topological polar surface area (TPSA) is 58.1 Å². The van der Waals surface area contributed by atoms with Gasteiger partial charge in [0, 0.05) is 42.9 Å². The molecule has 3 rings (SSSR count). The van der Waals surface area contributed by atoms with E-state index in [0.717, 1.165) is 55.3 Å². The SMILES string of the molecule is C=CCNc1nc(C)nc2c1CCN(C(=O)CCc1cccs1)CC2. The number of aromatic nitrogens is 2. The van der Waals surface area contributed by atoms with Crippen LogP contribution >= 0.6 is 11.3 Å². The number of amides is 1. The van der Waals surface area contributed by atoms with Crippen molar-refractivity contribution in [2.45, 2.75) is 32.6 Å². The number of carbonyl (C=O) groups excluding carboxylic acids is 1. The van der Waals surface area contributed by atoms with Crippen molar-refractivity contribution in [2.75, 3.05) is 25.0 Å². The monoisotopic (exact) mass is 356 g/mol. The first kappa shape index (κ1) is 17.6. The van der Waals surface area contributed by atoms with Crippen molar-refractivity contribution in [1.82, 2.24) is 14.9 Å². The zero-order valence-corrected chi connectivity index (χ0v) is 15.4. The minimum absolute atomic E-state index is 0.228. The fourth-order valence-electron chi connectivity index (χ4n) is 3.13. The molecule has 1 aliphatic rings. The lowest BCUT2D eigenvalue weighted by Crippen LogP contribution is -2.33. The third-order valence-electron chi connectivity index (χ3n) is 4.39. The van der Waals surface area contributed by atoms with Gasteiger partial charge in [-0.25, -0.2) is 9.97 Å². The Bertz CT molecular complexity index is 742. The van der Waals surface area contributed by atoms with Crippen molar-refractivity contribution < 1.29 is 4.79 Å². The molecular formula is C19H24N4OS. The van der Waals surface area contributed by atoms with Gasteiger partial charge in [0.1, 0.15) is 11.6 Å². The van der Waals surface area contributed by atoms with Crippen LogP contribution in [0.5, 0.6) is 0 Å². The van der Waals surface area contributed by atoms with Gasteiger partial charge in [-0.1, -0.05) is 12.1 Å². The van der Waals surface area contributed by atoms with Crippen molar-refractivity contribution in [3.63, 3.8) is 0 Å². The summed E-state index contributed by atoms with van der Waals surface area (Å²) in [6.45, 7) is 7.79. The molecule has 0 bridgehead atoms. The minimum Gasteiger partial charge on any atom is -0.366 e. The highest BCUT2D eigenvalue weighted by Gasteiger charge is 2.22. The van der Waals surface area contributed by atoms with Crippen molar-refractivity contribution >= 4 is 23.1 Å². The van der Waals surface area contributed by atoms with Crippen LogP contribution in [0.4, 0.5) is 5.82 Å². The second-order valence-electron chi connectivity index (χ2n) is 6.17. The molecule has 1 aliphatic heterocycles. The predicted molar refractivity (Wildman–Crippen MR) is 102 cm³/mol. The zero-order chi connectivity index (χ0) is 17.6. The van der Waals surface area contributed by atoms with Gasteiger partial charge in [-0.3, -0.25) is 4.79 Å². The number of nitrogens with zero attached hydrogens (tertiary/aromatic N) is 3. The number of hydrogen-bond donors (Lipinski definition) is 1. The number of anilines is 1. The highest BCUT2D eigenvalue weighted by molar-refractivity contribution is 7.09. The highest BCUT2D eigenvalue weighted by atomic mass is 32.1. The molecule has 0 radical (unpaired) electrons. The Morgan fingerprint density at radius 3 is 3.00 bits per heavy atom. The first-order chi connectivity index (χ1) is 12.2. The van der Waals surface area contributed by atoms with Crippen LogP contribution in [0.15, 0.2) is 30.2 Å². The van der Waals surface area contributed by atoms with Gasteiger partial charge in [0.05, 0.1) is 5.69 Å². The number of nitrogens with one attached hydrogen (secondary N) is 1. The van der Waals surface area contributed by atoms with E-state index in [1.165, 1.54) is 4.88 Å². The van der Waals surface area contributed by atoms with E-state index >= 15 is 0 Å². The second kappa shape index (κ2) is 8.25. The van der Waals surface area contributed by atoms with E-state index in [1.807, 2.05) is 24.0 Å². The molecule has 0 saturated heterocycles. The maximum absolute atomic E-state index is 12.6. The van der Waals surface area contributed by atoms with E-state index in [1.54, 1.807) is 11.3 Å². The smallest absolute Gasteiger partial charge is 0.222 e. The van der Waals surface area contributed by atoms with Gasteiger partial charge in [-0.2, -0.15) is 0 Å². The van der Waals surface area contributed by atoms with E-state index < -0.39 is 0 Å². The van der Waals surface area contributed by atoms with Gasteiger partial charge < -0.3 is 10.2 Å². The van der Waals surface area contributed by atoms with E-state index in [-0.39, 0.29) is 5.91 Å². The molecule has 2 aromatic rings. The maximum Gasteiger partial charge on any atom is 0.222 e. The number of aryl methyl sites for hydroxylation is 2. The molecule has 0 aromatic carbocycles. The largest absolute Gasteiger partial charge is 0.366 e. The number of carbonyl (C=O) groups is 1. The van der Waals surface area contributed by atoms with Crippen molar-refractivity contribution in [1.29, 1.82) is 0 Å². The standard InChI is InChI=1S/C19H24N4OS/c1-3-10-20-19-16-8-11-23(12-9-17(16)21-14(2)22-19)18(24)7-6-15-5-4-13-25-15/h3-5,13H,1,6-12H2,2H3,(H,20,21,22). The molecule has 3 heterocycles. The van der Waals surface area contributed by atoms with Gasteiger partial charge in [0.2, 0.25) is 5.91 Å². The lowest BCUT2D eigenvalue weighted by Gasteiger charge is -2.20. The average molecular weight is 356 g/mol. The molecule has 6 heteroatoms. The summed E-state index contributed by atoms with van der Waals surface area (Å²) in [4.78, 5) is 25.0. The fourth-order valence-corrected chi connectivity index (χ4v) is 3.84. The first-order valence-electron chi connectivity index (χ1n) is 8.68. The summed E-state index contributed by atoms with van der Waals surface area (Å²) in [5.74, 6) is 1.88. The molecule has 132 valence electrons. The average Bonchev–Trinajstić information content (AvgIpc) is 3.03. The van der Waals surface area contributed by atoms with Gasteiger partial charge >= 0.3 is 0 Å². The number of hydrogen-bond acceptors (Lipinski definition) is 5. The Labute approximate surface area is 152 Å². The summed E-state index contributed by atoms with van der Waals surface area (Å²) >= 11 is 1.71. The summed E-state index contributed by atoms with van der Waals surface area (Å²) in [6.07, 6.45) is 4.79. The van der Waals surface area contributed by atoms with Gasteiger partial charge in [-0.05, 0) is 31.2 Å². The van der Waals surface area contributed by atoms with Crippen LogP contribution in [0.2, 0.25) is 0 Å². The maximum atomic E-state index is 12.6. The predicted octanol–water partition coefficient (Wildman–Crippen LogP) is 3.00. The molecule has 5 nitrogen and oxygen atoms in total. The normalized spacial score (nSPS) is 13.9. The summed E-state index contributed by atoms with van der Waals surface area (Å²) in [6, 6.07) is 4.12. The first-order valence-corrected chi connectivity index (χ1v) is 9.56. The van der Waals surface area contributed by atoms with Gasteiger partial charge in [-0.15, -0.1) is 17.9 Å². The lowest BCUT2D eigenvalue weighted by molar-refractivity contribution is -0.131. The number of thiophene rings is 1. The molecule has 0 fully saturated rings. The van der Waals surface area contributed by atoms with E-state index in [4.69, 9.17) is 0 Å². The molecule has 0 atom stereocenters. The van der Waals surface area contributed by atoms with Crippen LogP contribution in [-0.2, 0) is 24.1 Å². The van der Waals surface area contributed by atoms with Gasteiger partial charge in [0.25, 0.3) is 0 Å². The van der Waals surface area contributed by atoms with E-state index in [0.29, 0.717) is 13.0 Å². The van der Waals surface area contributed by atoms with E-state index in [2.05, 4.69) is 33.3 Å². The quantitative estimate of drug-likeness (QED) is 0.809. The van der Waals surface area contributed by atoms with Crippen LogP contribution in [0, 0.1) is 6.92 Å².